The molecule has 0 spiro atoms. The molecular formula is C16H29N3O2. The van der Waals surface area contributed by atoms with E-state index in [1.165, 1.54) is 25.9 Å². The van der Waals surface area contributed by atoms with Gasteiger partial charge < -0.3 is 9.64 Å². The number of likely N-dealkylation sites (tertiary alicyclic amines) is 1. The molecular weight excluding hydrogens is 266 g/mol. The molecule has 120 valence electrons. The predicted molar refractivity (Wildman–Crippen MR) is 82.2 cm³/mol. The van der Waals surface area contributed by atoms with Crippen LogP contribution in [-0.2, 0) is 9.53 Å². The minimum atomic E-state index is 0.217. The summed E-state index contributed by atoms with van der Waals surface area (Å²) in [5.41, 5.74) is 0. The van der Waals surface area contributed by atoms with Crippen molar-refractivity contribution < 1.29 is 9.53 Å². The van der Waals surface area contributed by atoms with Crippen LogP contribution in [0.2, 0.25) is 0 Å². The Balaban J connectivity index is 1.48. The van der Waals surface area contributed by atoms with E-state index in [0.717, 1.165) is 45.2 Å². The first-order chi connectivity index (χ1) is 10.1. The summed E-state index contributed by atoms with van der Waals surface area (Å²) in [5, 5.41) is 0. The van der Waals surface area contributed by atoms with Gasteiger partial charge in [0.1, 0.15) is 0 Å². The van der Waals surface area contributed by atoms with Crippen LogP contribution in [0.1, 0.15) is 26.7 Å². The van der Waals surface area contributed by atoms with Gasteiger partial charge >= 0.3 is 0 Å². The number of hydrogen-bond acceptors (Lipinski definition) is 4. The molecule has 0 aromatic heterocycles. The molecule has 0 aromatic carbocycles. The van der Waals surface area contributed by atoms with Crippen LogP contribution < -0.4 is 0 Å². The maximum atomic E-state index is 11.4. The Kier molecular flexibility index (Phi) is 4.82. The Morgan fingerprint density at radius 1 is 1.19 bits per heavy atom. The van der Waals surface area contributed by atoms with Crippen LogP contribution >= 0.6 is 0 Å². The third kappa shape index (κ3) is 3.58. The van der Waals surface area contributed by atoms with Gasteiger partial charge in [-0.1, -0.05) is 6.92 Å². The maximum absolute atomic E-state index is 11.4. The molecule has 0 aromatic rings. The van der Waals surface area contributed by atoms with Crippen LogP contribution in [-0.4, -0.2) is 85.2 Å². The molecule has 3 saturated heterocycles. The Morgan fingerprint density at radius 2 is 1.95 bits per heavy atom. The number of rotatable bonds is 3. The first-order valence-corrected chi connectivity index (χ1v) is 8.47. The molecule has 3 unspecified atom stereocenters. The SMILES string of the molecule is CC(=O)N1CCN(C2CN(CC3CCCO3)CC2C)CC1. The van der Waals surface area contributed by atoms with Crippen LogP contribution in [0.4, 0.5) is 0 Å². The normalized spacial score (nSPS) is 35.5. The zero-order valence-electron chi connectivity index (χ0n) is 13.5. The number of nitrogens with zero attached hydrogens (tertiary/aromatic N) is 3. The predicted octanol–water partition coefficient (Wildman–Crippen LogP) is 0.650. The first-order valence-electron chi connectivity index (χ1n) is 8.47. The molecule has 1 amide bonds. The van der Waals surface area contributed by atoms with Gasteiger partial charge in [-0.25, -0.2) is 0 Å². The van der Waals surface area contributed by atoms with Gasteiger partial charge in [0.15, 0.2) is 0 Å². The minimum Gasteiger partial charge on any atom is -0.377 e. The number of ether oxygens (including phenoxy) is 1. The van der Waals surface area contributed by atoms with E-state index in [1.54, 1.807) is 6.92 Å². The molecule has 3 aliphatic rings. The van der Waals surface area contributed by atoms with Crippen molar-refractivity contribution in [2.24, 2.45) is 5.92 Å². The highest BCUT2D eigenvalue weighted by atomic mass is 16.5. The van der Waals surface area contributed by atoms with Gasteiger partial charge in [-0.3, -0.25) is 14.6 Å². The van der Waals surface area contributed by atoms with Gasteiger partial charge in [-0.05, 0) is 18.8 Å². The topological polar surface area (TPSA) is 36.0 Å². The number of hydrogen-bond donors (Lipinski definition) is 0. The second-order valence-corrected chi connectivity index (χ2v) is 6.94. The third-order valence-electron chi connectivity index (χ3n) is 5.36. The van der Waals surface area contributed by atoms with Gasteiger partial charge in [-0.2, -0.15) is 0 Å². The zero-order valence-corrected chi connectivity index (χ0v) is 13.5. The summed E-state index contributed by atoms with van der Waals surface area (Å²) in [6, 6.07) is 0.653. The van der Waals surface area contributed by atoms with Crippen molar-refractivity contribution >= 4 is 5.91 Å². The molecule has 0 radical (unpaired) electrons. The molecule has 5 heteroatoms. The van der Waals surface area contributed by atoms with Crippen molar-refractivity contribution in [3.8, 4) is 0 Å². The van der Waals surface area contributed by atoms with Gasteiger partial charge in [0.2, 0.25) is 5.91 Å². The Hall–Kier alpha value is -0.650. The lowest BCUT2D eigenvalue weighted by atomic mass is 10.0. The summed E-state index contributed by atoms with van der Waals surface area (Å²) >= 11 is 0. The number of amides is 1. The molecule has 3 rings (SSSR count). The maximum Gasteiger partial charge on any atom is 0.219 e. The Bertz CT molecular complexity index is 363. The second-order valence-electron chi connectivity index (χ2n) is 6.94. The lowest BCUT2D eigenvalue weighted by Gasteiger charge is -2.39. The molecule has 0 saturated carbocycles. The van der Waals surface area contributed by atoms with E-state index in [9.17, 15) is 4.79 Å². The first kappa shape index (κ1) is 15.3. The van der Waals surface area contributed by atoms with Crippen LogP contribution in [0, 0.1) is 5.92 Å². The lowest BCUT2D eigenvalue weighted by Crippen LogP contribution is -2.53. The van der Waals surface area contributed by atoms with Gasteiger partial charge in [0, 0.05) is 65.4 Å². The van der Waals surface area contributed by atoms with Crippen molar-refractivity contribution in [3.05, 3.63) is 0 Å². The molecule has 0 bridgehead atoms. The molecule has 3 atom stereocenters. The van der Waals surface area contributed by atoms with E-state index in [-0.39, 0.29) is 5.91 Å². The van der Waals surface area contributed by atoms with Crippen molar-refractivity contribution in [1.29, 1.82) is 0 Å². The quantitative estimate of drug-likeness (QED) is 0.766. The molecule has 0 N–H and O–H groups in total. The van der Waals surface area contributed by atoms with E-state index < -0.39 is 0 Å². The highest BCUT2D eigenvalue weighted by Gasteiger charge is 2.36. The third-order valence-corrected chi connectivity index (χ3v) is 5.36. The summed E-state index contributed by atoms with van der Waals surface area (Å²) in [5.74, 6) is 0.935. The summed E-state index contributed by atoms with van der Waals surface area (Å²) in [4.78, 5) is 18.6. The van der Waals surface area contributed by atoms with Crippen molar-refractivity contribution in [2.75, 3.05) is 52.4 Å². The lowest BCUT2D eigenvalue weighted by molar-refractivity contribution is -0.130. The largest absolute Gasteiger partial charge is 0.377 e. The highest BCUT2D eigenvalue weighted by molar-refractivity contribution is 5.73. The van der Waals surface area contributed by atoms with Gasteiger partial charge in [0.25, 0.3) is 0 Å². The van der Waals surface area contributed by atoms with E-state index in [1.807, 2.05) is 4.90 Å². The smallest absolute Gasteiger partial charge is 0.219 e. The van der Waals surface area contributed by atoms with Crippen molar-refractivity contribution in [2.45, 2.75) is 38.8 Å². The van der Waals surface area contributed by atoms with E-state index in [4.69, 9.17) is 4.74 Å². The van der Waals surface area contributed by atoms with Crippen LogP contribution in [0.25, 0.3) is 0 Å². The molecule has 3 heterocycles. The number of carbonyl (C=O) groups excluding carboxylic acids is 1. The van der Waals surface area contributed by atoms with Gasteiger partial charge in [0.05, 0.1) is 6.10 Å². The molecule has 3 fully saturated rings. The average molecular weight is 295 g/mol. The fraction of sp³-hybridized carbons (Fsp3) is 0.938. The van der Waals surface area contributed by atoms with Crippen LogP contribution in [0.15, 0.2) is 0 Å². The van der Waals surface area contributed by atoms with Crippen LogP contribution in [0.3, 0.4) is 0 Å². The Morgan fingerprint density at radius 3 is 2.57 bits per heavy atom. The Labute approximate surface area is 128 Å². The summed E-state index contributed by atoms with van der Waals surface area (Å²) in [7, 11) is 0. The second kappa shape index (κ2) is 6.63. The standard InChI is InChI=1S/C16H29N3O2/c1-13-10-17(11-15-4-3-9-21-15)12-16(13)19-7-5-18(6-8-19)14(2)20/h13,15-16H,3-12H2,1-2H3. The van der Waals surface area contributed by atoms with Crippen LogP contribution in [0.5, 0.6) is 0 Å². The monoisotopic (exact) mass is 295 g/mol. The molecule has 5 nitrogen and oxygen atoms in total. The van der Waals surface area contributed by atoms with Crippen molar-refractivity contribution in [3.63, 3.8) is 0 Å². The zero-order chi connectivity index (χ0) is 14.8. The fourth-order valence-electron chi connectivity index (χ4n) is 4.12. The summed E-state index contributed by atoms with van der Waals surface area (Å²) in [6.07, 6.45) is 2.92. The van der Waals surface area contributed by atoms with E-state index in [2.05, 4.69) is 16.7 Å². The van der Waals surface area contributed by atoms with Gasteiger partial charge in [-0.15, -0.1) is 0 Å². The summed E-state index contributed by atoms with van der Waals surface area (Å²) in [6.45, 7) is 12.3. The number of piperazine rings is 1. The molecule has 21 heavy (non-hydrogen) atoms. The minimum absolute atomic E-state index is 0.217. The van der Waals surface area contributed by atoms with Crippen molar-refractivity contribution in [1.82, 2.24) is 14.7 Å². The fourth-order valence-corrected chi connectivity index (χ4v) is 4.12. The molecule has 3 aliphatic heterocycles. The van der Waals surface area contributed by atoms with E-state index >= 15 is 0 Å². The highest BCUT2D eigenvalue weighted by Crippen LogP contribution is 2.24. The average Bonchev–Trinajstić information content (AvgIpc) is 3.09. The number of carbonyl (C=O) groups is 1. The summed E-state index contributed by atoms with van der Waals surface area (Å²) < 4.78 is 5.77. The molecule has 0 aliphatic carbocycles. The van der Waals surface area contributed by atoms with E-state index in [0.29, 0.717) is 12.1 Å².